The van der Waals surface area contributed by atoms with E-state index < -0.39 is 5.82 Å². The van der Waals surface area contributed by atoms with E-state index in [9.17, 15) is 9.18 Å². The lowest BCUT2D eigenvalue weighted by atomic mass is 10.1. The van der Waals surface area contributed by atoms with Crippen LogP contribution in [0.4, 0.5) is 4.39 Å². The fraction of sp³-hybridized carbons (Fsp3) is 0.357. The highest BCUT2D eigenvalue weighted by Crippen LogP contribution is 2.14. The molecule has 1 aliphatic heterocycles. The van der Waals surface area contributed by atoms with E-state index in [1.54, 1.807) is 6.07 Å². The van der Waals surface area contributed by atoms with Gasteiger partial charge in [-0.15, -0.1) is 0 Å². The standard InChI is InChI=1S/C14H16FNO2/c15-12-4-1-5-13(9-12)18-14(17)7-6-11-3-2-8-16-10-11/h1,3-5,9,16H,2,6-8,10H2. The molecule has 1 aromatic carbocycles. The smallest absolute Gasteiger partial charge is 0.311 e. The molecular formula is C14H16FNO2. The Bertz CT molecular complexity index is 457. The van der Waals surface area contributed by atoms with Crippen molar-refractivity contribution in [3.63, 3.8) is 0 Å². The molecule has 0 fully saturated rings. The van der Waals surface area contributed by atoms with E-state index >= 15 is 0 Å². The van der Waals surface area contributed by atoms with E-state index in [-0.39, 0.29) is 11.7 Å². The SMILES string of the molecule is O=C(CCC1=CCCNC1)Oc1cccc(F)c1. The quantitative estimate of drug-likeness (QED) is 0.506. The molecule has 1 aromatic rings. The van der Waals surface area contributed by atoms with Crippen molar-refractivity contribution in [1.29, 1.82) is 0 Å². The molecule has 0 aliphatic carbocycles. The number of carbonyl (C=O) groups excluding carboxylic acids is 1. The van der Waals surface area contributed by atoms with Crippen molar-refractivity contribution in [2.24, 2.45) is 0 Å². The number of halogens is 1. The van der Waals surface area contributed by atoms with Gasteiger partial charge in [0.05, 0.1) is 0 Å². The van der Waals surface area contributed by atoms with Crippen LogP contribution in [0.15, 0.2) is 35.9 Å². The van der Waals surface area contributed by atoms with Crippen molar-refractivity contribution in [3.05, 3.63) is 41.7 Å². The van der Waals surface area contributed by atoms with E-state index in [2.05, 4.69) is 11.4 Å². The normalized spacial score (nSPS) is 15.1. The van der Waals surface area contributed by atoms with E-state index in [0.717, 1.165) is 19.5 Å². The van der Waals surface area contributed by atoms with Gasteiger partial charge in [0.15, 0.2) is 0 Å². The van der Waals surface area contributed by atoms with Gasteiger partial charge >= 0.3 is 5.97 Å². The highest BCUT2D eigenvalue weighted by atomic mass is 19.1. The molecule has 96 valence electrons. The van der Waals surface area contributed by atoms with Gasteiger partial charge in [-0.1, -0.05) is 17.7 Å². The summed E-state index contributed by atoms with van der Waals surface area (Å²) in [6.45, 7) is 1.84. The zero-order valence-electron chi connectivity index (χ0n) is 10.1. The Morgan fingerprint density at radius 3 is 3.06 bits per heavy atom. The molecule has 2 rings (SSSR count). The molecule has 1 aliphatic rings. The Morgan fingerprint density at radius 2 is 2.33 bits per heavy atom. The Balaban J connectivity index is 1.80. The van der Waals surface area contributed by atoms with Gasteiger partial charge in [0.25, 0.3) is 0 Å². The second kappa shape index (κ2) is 6.31. The van der Waals surface area contributed by atoms with Crippen LogP contribution in [0.5, 0.6) is 5.75 Å². The minimum atomic E-state index is -0.403. The Hall–Kier alpha value is -1.68. The number of carbonyl (C=O) groups is 1. The average Bonchev–Trinajstić information content (AvgIpc) is 2.38. The van der Waals surface area contributed by atoms with Crippen LogP contribution in [-0.4, -0.2) is 19.1 Å². The third kappa shape index (κ3) is 3.96. The number of benzene rings is 1. The van der Waals surface area contributed by atoms with Crippen molar-refractivity contribution in [2.45, 2.75) is 19.3 Å². The first kappa shape index (κ1) is 12.8. The van der Waals surface area contributed by atoms with E-state index in [0.29, 0.717) is 12.8 Å². The van der Waals surface area contributed by atoms with E-state index in [1.807, 2.05) is 0 Å². The number of nitrogens with one attached hydrogen (secondary N) is 1. The van der Waals surface area contributed by atoms with Gasteiger partial charge in [0.2, 0.25) is 0 Å². The van der Waals surface area contributed by atoms with Crippen LogP contribution in [0.3, 0.4) is 0 Å². The highest BCUT2D eigenvalue weighted by molar-refractivity contribution is 5.72. The molecule has 18 heavy (non-hydrogen) atoms. The van der Waals surface area contributed by atoms with Gasteiger partial charge in [0.1, 0.15) is 11.6 Å². The number of hydrogen-bond acceptors (Lipinski definition) is 3. The summed E-state index contributed by atoms with van der Waals surface area (Å²) in [5.74, 6) is -0.470. The lowest BCUT2D eigenvalue weighted by Gasteiger charge is -2.13. The molecule has 1 N–H and O–H groups in total. The van der Waals surface area contributed by atoms with Crippen LogP contribution in [0, 0.1) is 5.82 Å². The molecule has 0 spiro atoms. The van der Waals surface area contributed by atoms with Crippen molar-refractivity contribution in [1.82, 2.24) is 5.32 Å². The highest BCUT2D eigenvalue weighted by Gasteiger charge is 2.09. The van der Waals surface area contributed by atoms with Crippen LogP contribution in [0.25, 0.3) is 0 Å². The number of hydrogen-bond donors (Lipinski definition) is 1. The van der Waals surface area contributed by atoms with Gasteiger partial charge in [0, 0.05) is 19.0 Å². The van der Waals surface area contributed by atoms with Crippen molar-refractivity contribution in [2.75, 3.05) is 13.1 Å². The Morgan fingerprint density at radius 1 is 1.44 bits per heavy atom. The number of esters is 1. The third-order valence-corrected chi connectivity index (χ3v) is 2.78. The van der Waals surface area contributed by atoms with Crippen molar-refractivity contribution < 1.29 is 13.9 Å². The topological polar surface area (TPSA) is 38.3 Å². The third-order valence-electron chi connectivity index (χ3n) is 2.78. The summed E-state index contributed by atoms with van der Waals surface area (Å²) >= 11 is 0. The molecule has 0 aromatic heterocycles. The lowest BCUT2D eigenvalue weighted by molar-refractivity contribution is -0.134. The van der Waals surface area contributed by atoms with Crippen LogP contribution >= 0.6 is 0 Å². The van der Waals surface area contributed by atoms with Gasteiger partial charge in [-0.25, -0.2) is 4.39 Å². The summed E-state index contributed by atoms with van der Waals surface area (Å²) in [4.78, 5) is 11.6. The molecule has 1 heterocycles. The van der Waals surface area contributed by atoms with Crippen LogP contribution in [0.1, 0.15) is 19.3 Å². The molecule has 3 nitrogen and oxygen atoms in total. The minimum Gasteiger partial charge on any atom is -0.426 e. The molecule has 0 unspecified atom stereocenters. The zero-order chi connectivity index (χ0) is 12.8. The average molecular weight is 249 g/mol. The molecule has 0 atom stereocenters. The maximum Gasteiger partial charge on any atom is 0.311 e. The summed E-state index contributed by atoms with van der Waals surface area (Å²) in [7, 11) is 0. The van der Waals surface area contributed by atoms with Crippen LogP contribution in [0.2, 0.25) is 0 Å². The van der Waals surface area contributed by atoms with Gasteiger partial charge in [-0.2, -0.15) is 0 Å². The summed E-state index contributed by atoms with van der Waals surface area (Å²) in [6, 6.07) is 5.61. The van der Waals surface area contributed by atoms with Crippen molar-refractivity contribution >= 4 is 5.97 Å². The van der Waals surface area contributed by atoms with E-state index in [4.69, 9.17) is 4.74 Å². The summed E-state index contributed by atoms with van der Waals surface area (Å²) in [5, 5.41) is 3.25. The fourth-order valence-corrected chi connectivity index (χ4v) is 1.87. The molecule has 0 saturated carbocycles. The molecule has 0 bridgehead atoms. The first-order valence-electron chi connectivity index (χ1n) is 6.09. The minimum absolute atomic E-state index is 0.260. The largest absolute Gasteiger partial charge is 0.426 e. The molecular weight excluding hydrogens is 233 g/mol. The predicted octanol–water partition coefficient (Wildman–Crippen LogP) is 2.43. The number of rotatable bonds is 4. The van der Waals surface area contributed by atoms with Gasteiger partial charge < -0.3 is 10.1 Å². The molecule has 0 amide bonds. The molecule has 0 radical (unpaired) electrons. The Kier molecular flexibility index (Phi) is 4.47. The predicted molar refractivity (Wildman–Crippen MR) is 66.8 cm³/mol. The zero-order valence-corrected chi connectivity index (χ0v) is 10.1. The molecule has 0 saturated heterocycles. The maximum atomic E-state index is 12.9. The second-order valence-corrected chi connectivity index (χ2v) is 4.26. The first-order valence-corrected chi connectivity index (χ1v) is 6.09. The summed E-state index contributed by atoms with van der Waals surface area (Å²) in [6.07, 6.45) is 4.19. The number of ether oxygens (including phenoxy) is 1. The lowest BCUT2D eigenvalue weighted by Crippen LogP contribution is -2.22. The van der Waals surface area contributed by atoms with E-state index in [1.165, 1.54) is 23.8 Å². The fourth-order valence-electron chi connectivity index (χ4n) is 1.87. The van der Waals surface area contributed by atoms with Crippen molar-refractivity contribution in [3.8, 4) is 5.75 Å². The monoisotopic (exact) mass is 249 g/mol. The van der Waals surface area contributed by atoms with Gasteiger partial charge in [-0.05, 0) is 31.5 Å². The van der Waals surface area contributed by atoms with Crippen LogP contribution < -0.4 is 10.1 Å². The Labute approximate surface area is 106 Å². The second-order valence-electron chi connectivity index (χ2n) is 4.26. The maximum absolute atomic E-state index is 12.9. The summed E-state index contributed by atoms with van der Waals surface area (Å²) in [5.41, 5.74) is 1.23. The first-order chi connectivity index (χ1) is 8.74. The van der Waals surface area contributed by atoms with Crippen LogP contribution in [-0.2, 0) is 4.79 Å². The molecule has 4 heteroatoms. The van der Waals surface area contributed by atoms with Gasteiger partial charge in [-0.3, -0.25) is 4.79 Å². The summed E-state index contributed by atoms with van der Waals surface area (Å²) < 4.78 is 17.9.